The molecule has 0 atom stereocenters. The van der Waals surface area contributed by atoms with Crippen molar-refractivity contribution in [3.05, 3.63) is 98.5 Å². The van der Waals surface area contributed by atoms with Crippen LogP contribution in [0.2, 0.25) is 0 Å². The van der Waals surface area contributed by atoms with Crippen molar-refractivity contribution in [2.24, 2.45) is 0 Å². The Labute approximate surface area is 159 Å². The molecule has 3 rings (SSSR count). The number of carbonyl (C=O) groups is 1. The molecule has 138 valence electrons. The monoisotopic (exact) mass is 360 g/mol. The van der Waals surface area contributed by atoms with Crippen molar-refractivity contribution >= 4 is 11.6 Å². The Morgan fingerprint density at radius 2 is 1.56 bits per heavy atom. The van der Waals surface area contributed by atoms with Gasteiger partial charge in [-0.1, -0.05) is 48.5 Å². The fourth-order valence-corrected chi connectivity index (χ4v) is 3.39. The summed E-state index contributed by atoms with van der Waals surface area (Å²) in [7, 11) is 0. The Morgan fingerprint density at radius 1 is 0.926 bits per heavy atom. The van der Waals surface area contributed by atoms with Crippen LogP contribution < -0.4 is 10.7 Å². The molecule has 27 heavy (non-hydrogen) atoms. The van der Waals surface area contributed by atoms with Gasteiger partial charge in [0.15, 0.2) is 5.43 Å². The van der Waals surface area contributed by atoms with E-state index in [0.717, 1.165) is 28.1 Å². The third kappa shape index (κ3) is 3.85. The van der Waals surface area contributed by atoms with Gasteiger partial charge >= 0.3 is 0 Å². The average molecular weight is 360 g/mol. The van der Waals surface area contributed by atoms with Gasteiger partial charge in [0.1, 0.15) is 5.56 Å². The summed E-state index contributed by atoms with van der Waals surface area (Å²) < 4.78 is 2.01. The largest absolute Gasteiger partial charge is 0.344 e. The molecule has 0 spiro atoms. The Balaban J connectivity index is 2.01. The van der Waals surface area contributed by atoms with Crippen LogP contribution in [0.25, 0.3) is 0 Å². The van der Waals surface area contributed by atoms with E-state index in [9.17, 15) is 9.59 Å². The molecule has 1 N–H and O–H groups in total. The van der Waals surface area contributed by atoms with E-state index in [-0.39, 0.29) is 16.9 Å². The van der Waals surface area contributed by atoms with Crippen molar-refractivity contribution in [2.45, 2.75) is 34.2 Å². The summed E-state index contributed by atoms with van der Waals surface area (Å²) in [4.78, 5) is 25.5. The molecule has 3 aromatic rings. The maximum Gasteiger partial charge on any atom is 0.261 e. The van der Waals surface area contributed by atoms with E-state index in [1.165, 1.54) is 6.07 Å². The number of aryl methyl sites for hydroxylation is 3. The number of aromatic nitrogens is 1. The molecule has 0 aliphatic carbocycles. The standard InChI is InChI=1S/C23H24N2O2/c1-15-9-8-10-16(2)22(15)24-23(27)21-18(4)25(17(3)13-20(21)26)14-19-11-6-5-7-12-19/h5-13H,14H2,1-4H3,(H,24,27). The lowest BCUT2D eigenvalue weighted by molar-refractivity contribution is 0.102. The van der Waals surface area contributed by atoms with Gasteiger partial charge in [0.05, 0.1) is 0 Å². The highest BCUT2D eigenvalue weighted by Gasteiger charge is 2.19. The first-order valence-corrected chi connectivity index (χ1v) is 9.01. The van der Waals surface area contributed by atoms with Crippen molar-refractivity contribution in [3.63, 3.8) is 0 Å². The fourth-order valence-electron chi connectivity index (χ4n) is 3.39. The minimum Gasteiger partial charge on any atom is -0.344 e. The van der Waals surface area contributed by atoms with Crippen LogP contribution in [0.3, 0.4) is 0 Å². The first kappa shape index (κ1) is 18.6. The maximum atomic E-state index is 13.0. The van der Waals surface area contributed by atoms with E-state index in [1.54, 1.807) is 0 Å². The number of amides is 1. The summed E-state index contributed by atoms with van der Waals surface area (Å²) >= 11 is 0. The van der Waals surface area contributed by atoms with Gasteiger partial charge in [-0.05, 0) is 44.4 Å². The lowest BCUT2D eigenvalue weighted by atomic mass is 10.1. The molecule has 4 nitrogen and oxygen atoms in total. The van der Waals surface area contributed by atoms with Crippen LogP contribution in [0.5, 0.6) is 0 Å². The normalized spacial score (nSPS) is 10.7. The average Bonchev–Trinajstić information content (AvgIpc) is 2.62. The Morgan fingerprint density at radius 3 is 2.19 bits per heavy atom. The zero-order valence-electron chi connectivity index (χ0n) is 16.2. The molecule has 0 saturated heterocycles. The molecule has 1 heterocycles. The number of anilines is 1. The molecule has 0 radical (unpaired) electrons. The number of nitrogens with one attached hydrogen (secondary N) is 1. The number of hydrogen-bond donors (Lipinski definition) is 1. The predicted octanol–water partition coefficient (Wildman–Crippen LogP) is 4.38. The number of hydrogen-bond acceptors (Lipinski definition) is 2. The van der Waals surface area contributed by atoms with Gasteiger partial charge in [-0.2, -0.15) is 0 Å². The predicted molar refractivity (Wildman–Crippen MR) is 110 cm³/mol. The smallest absolute Gasteiger partial charge is 0.261 e. The summed E-state index contributed by atoms with van der Waals surface area (Å²) in [6, 6.07) is 17.4. The second-order valence-electron chi connectivity index (χ2n) is 6.90. The highest BCUT2D eigenvalue weighted by molar-refractivity contribution is 6.05. The second-order valence-corrected chi connectivity index (χ2v) is 6.90. The van der Waals surface area contributed by atoms with Crippen LogP contribution in [-0.2, 0) is 6.54 Å². The SMILES string of the molecule is Cc1cccc(C)c1NC(=O)c1c(C)n(Cc2ccccc2)c(C)cc1=O. The van der Waals surface area contributed by atoms with Gasteiger partial charge in [-0.3, -0.25) is 9.59 Å². The summed E-state index contributed by atoms with van der Waals surface area (Å²) in [5.41, 5.74) is 5.27. The molecular weight excluding hydrogens is 336 g/mol. The van der Waals surface area contributed by atoms with Gasteiger partial charge < -0.3 is 9.88 Å². The van der Waals surface area contributed by atoms with Gasteiger partial charge in [0.25, 0.3) is 5.91 Å². The maximum absolute atomic E-state index is 13.0. The quantitative estimate of drug-likeness (QED) is 0.750. The Kier molecular flexibility index (Phi) is 5.26. The zero-order valence-corrected chi connectivity index (χ0v) is 16.2. The summed E-state index contributed by atoms with van der Waals surface area (Å²) in [5, 5.41) is 2.93. The van der Waals surface area contributed by atoms with Gasteiger partial charge in [0.2, 0.25) is 0 Å². The molecule has 0 aliphatic rings. The van der Waals surface area contributed by atoms with Gasteiger partial charge in [-0.15, -0.1) is 0 Å². The first-order chi connectivity index (χ1) is 12.9. The van der Waals surface area contributed by atoms with E-state index in [1.807, 2.05) is 80.8 Å². The van der Waals surface area contributed by atoms with Crippen molar-refractivity contribution in [1.82, 2.24) is 4.57 Å². The highest BCUT2D eigenvalue weighted by atomic mass is 16.2. The topological polar surface area (TPSA) is 51.1 Å². The number of rotatable bonds is 4. The van der Waals surface area contributed by atoms with Crippen LogP contribution in [0.4, 0.5) is 5.69 Å². The molecule has 0 saturated carbocycles. The summed E-state index contributed by atoms with van der Waals surface area (Å²) in [6.07, 6.45) is 0. The van der Waals surface area contributed by atoms with Gasteiger partial charge in [-0.25, -0.2) is 0 Å². The third-order valence-electron chi connectivity index (χ3n) is 4.91. The van der Waals surface area contributed by atoms with Crippen molar-refractivity contribution < 1.29 is 4.79 Å². The van der Waals surface area contributed by atoms with Crippen LogP contribution in [0.15, 0.2) is 59.4 Å². The minimum atomic E-state index is -0.364. The van der Waals surface area contributed by atoms with Crippen molar-refractivity contribution in [2.75, 3.05) is 5.32 Å². The van der Waals surface area contributed by atoms with E-state index < -0.39 is 0 Å². The fraction of sp³-hybridized carbons (Fsp3) is 0.217. The van der Waals surface area contributed by atoms with Crippen LogP contribution in [0, 0.1) is 27.7 Å². The lowest BCUT2D eigenvalue weighted by Gasteiger charge is -2.18. The number of benzene rings is 2. The van der Waals surface area contributed by atoms with Crippen LogP contribution in [0.1, 0.15) is 38.4 Å². The molecule has 0 bridgehead atoms. The molecule has 0 fully saturated rings. The van der Waals surface area contributed by atoms with E-state index in [0.29, 0.717) is 12.2 Å². The molecule has 0 aliphatic heterocycles. The zero-order chi connectivity index (χ0) is 19.6. The van der Waals surface area contributed by atoms with Crippen molar-refractivity contribution in [3.8, 4) is 0 Å². The number of nitrogens with zero attached hydrogens (tertiary/aromatic N) is 1. The molecule has 0 unspecified atom stereocenters. The molecule has 4 heteroatoms. The van der Waals surface area contributed by atoms with E-state index in [4.69, 9.17) is 0 Å². The summed E-state index contributed by atoms with van der Waals surface area (Å²) in [5.74, 6) is -0.364. The molecular formula is C23H24N2O2. The molecule has 1 amide bonds. The second kappa shape index (κ2) is 7.62. The van der Waals surface area contributed by atoms with Crippen molar-refractivity contribution in [1.29, 1.82) is 0 Å². The number of para-hydroxylation sites is 1. The first-order valence-electron chi connectivity index (χ1n) is 9.01. The minimum absolute atomic E-state index is 0.194. The van der Waals surface area contributed by atoms with Crippen LogP contribution >= 0.6 is 0 Å². The lowest BCUT2D eigenvalue weighted by Crippen LogP contribution is -2.27. The Bertz CT molecular complexity index is 1030. The Hall–Kier alpha value is -3.14. The molecule has 1 aromatic heterocycles. The van der Waals surface area contributed by atoms with Gasteiger partial charge in [0, 0.05) is 29.7 Å². The number of carbonyl (C=O) groups excluding carboxylic acids is 1. The number of pyridine rings is 1. The van der Waals surface area contributed by atoms with E-state index >= 15 is 0 Å². The highest BCUT2D eigenvalue weighted by Crippen LogP contribution is 2.21. The summed E-state index contributed by atoms with van der Waals surface area (Å²) in [6.45, 7) is 8.22. The van der Waals surface area contributed by atoms with Crippen LogP contribution in [-0.4, -0.2) is 10.5 Å². The van der Waals surface area contributed by atoms with E-state index in [2.05, 4.69) is 5.32 Å². The molecule has 2 aromatic carbocycles. The third-order valence-corrected chi connectivity index (χ3v) is 4.91.